The molecule has 0 aromatic heterocycles. The zero-order valence-electron chi connectivity index (χ0n) is 12.1. The maximum Gasteiger partial charge on any atom is 0.336 e. The van der Waals surface area contributed by atoms with E-state index in [2.05, 4.69) is 0 Å². The first-order valence-corrected chi connectivity index (χ1v) is 6.84. The van der Waals surface area contributed by atoms with Crippen LogP contribution in [0.4, 0.5) is 10.1 Å². The lowest BCUT2D eigenvalue weighted by atomic mass is 10.1. The monoisotopic (exact) mass is 287 g/mol. The van der Waals surface area contributed by atoms with Crippen molar-refractivity contribution < 1.29 is 14.3 Å². The smallest absolute Gasteiger partial charge is 0.336 e. The van der Waals surface area contributed by atoms with Gasteiger partial charge in [0.05, 0.1) is 5.56 Å². The Morgan fingerprint density at radius 3 is 2.43 bits per heavy atom. The number of anilines is 1. The molecule has 0 amide bonds. The molecule has 2 aromatic rings. The average Bonchev–Trinajstić information content (AvgIpc) is 2.45. The molecule has 0 unspecified atom stereocenters. The second-order valence-corrected chi connectivity index (χ2v) is 4.96. The molecule has 110 valence electrons. The van der Waals surface area contributed by atoms with Crippen molar-refractivity contribution in [3.05, 3.63) is 65.0 Å². The molecule has 0 saturated carbocycles. The number of aromatic carboxylic acids is 1. The van der Waals surface area contributed by atoms with Crippen molar-refractivity contribution in [3.63, 3.8) is 0 Å². The highest BCUT2D eigenvalue weighted by Crippen LogP contribution is 2.20. The summed E-state index contributed by atoms with van der Waals surface area (Å²) in [5.41, 5.74) is 2.77. The van der Waals surface area contributed by atoms with Crippen molar-refractivity contribution in [2.45, 2.75) is 20.4 Å². The lowest BCUT2D eigenvalue weighted by molar-refractivity contribution is 0.0695. The van der Waals surface area contributed by atoms with Gasteiger partial charge in [0, 0.05) is 18.8 Å². The highest BCUT2D eigenvalue weighted by Gasteiger charge is 2.14. The van der Waals surface area contributed by atoms with Gasteiger partial charge in [-0.15, -0.1) is 0 Å². The normalized spacial score (nSPS) is 10.4. The first kappa shape index (κ1) is 15.0. The molecule has 3 nitrogen and oxygen atoms in total. The molecule has 0 aliphatic rings. The summed E-state index contributed by atoms with van der Waals surface area (Å²) in [7, 11) is 0. The topological polar surface area (TPSA) is 40.5 Å². The third-order valence-electron chi connectivity index (χ3n) is 3.44. The van der Waals surface area contributed by atoms with Crippen LogP contribution < -0.4 is 4.90 Å². The summed E-state index contributed by atoms with van der Waals surface area (Å²) in [5, 5.41) is 9.21. The average molecular weight is 287 g/mol. The summed E-state index contributed by atoms with van der Waals surface area (Å²) < 4.78 is 13.4. The van der Waals surface area contributed by atoms with Crippen molar-refractivity contribution in [2.75, 3.05) is 11.4 Å². The lowest BCUT2D eigenvalue weighted by Gasteiger charge is -2.24. The standard InChI is InChI=1S/C17H18FNO2/c1-3-19(15-7-4-12(2)5-8-15)11-13-10-14(18)6-9-16(13)17(20)21/h4-10H,3,11H2,1-2H3,(H,20,21). The predicted octanol–water partition coefficient (Wildman–Crippen LogP) is 3.86. The Labute approximate surface area is 123 Å². The highest BCUT2D eigenvalue weighted by atomic mass is 19.1. The molecular weight excluding hydrogens is 269 g/mol. The number of hydrogen-bond acceptors (Lipinski definition) is 2. The van der Waals surface area contributed by atoms with Crippen LogP contribution in [0.5, 0.6) is 0 Å². The maximum atomic E-state index is 13.4. The van der Waals surface area contributed by atoms with E-state index in [0.29, 0.717) is 18.7 Å². The van der Waals surface area contributed by atoms with Gasteiger partial charge in [-0.1, -0.05) is 17.7 Å². The Morgan fingerprint density at radius 1 is 1.19 bits per heavy atom. The van der Waals surface area contributed by atoms with E-state index in [-0.39, 0.29) is 5.56 Å². The summed E-state index contributed by atoms with van der Waals surface area (Å²) in [6, 6.07) is 11.8. The Morgan fingerprint density at radius 2 is 1.86 bits per heavy atom. The van der Waals surface area contributed by atoms with Crippen LogP contribution in [0.1, 0.15) is 28.4 Å². The SMILES string of the molecule is CCN(Cc1cc(F)ccc1C(=O)O)c1ccc(C)cc1. The Bertz CT molecular complexity index is 638. The maximum absolute atomic E-state index is 13.4. The van der Waals surface area contributed by atoms with Gasteiger partial charge in [0.2, 0.25) is 0 Å². The second-order valence-electron chi connectivity index (χ2n) is 4.96. The molecule has 0 fully saturated rings. The minimum absolute atomic E-state index is 0.141. The predicted molar refractivity (Wildman–Crippen MR) is 81.3 cm³/mol. The third-order valence-corrected chi connectivity index (χ3v) is 3.44. The van der Waals surface area contributed by atoms with E-state index in [9.17, 15) is 14.3 Å². The first-order chi connectivity index (χ1) is 10.0. The molecule has 0 heterocycles. The summed E-state index contributed by atoms with van der Waals surface area (Å²) in [6.45, 7) is 5.06. The van der Waals surface area contributed by atoms with Gasteiger partial charge >= 0.3 is 5.97 Å². The van der Waals surface area contributed by atoms with Crippen LogP contribution in [0.3, 0.4) is 0 Å². The van der Waals surface area contributed by atoms with Crippen LogP contribution in [0.25, 0.3) is 0 Å². The molecule has 0 radical (unpaired) electrons. The van der Waals surface area contributed by atoms with Crippen LogP contribution in [-0.2, 0) is 6.54 Å². The van der Waals surface area contributed by atoms with Crippen molar-refractivity contribution in [3.8, 4) is 0 Å². The molecular formula is C17H18FNO2. The molecule has 0 saturated heterocycles. The Balaban J connectivity index is 2.32. The van der Waals surface area contributed by atoms with Gasteiger partial charge in [-0.05, 0) is 49.7 Å². The quantitative estimate of drug-likeness (QED) is 0.907. The number of rotatable bonds is 5. The fraction of sp³-hybridized carbons (Fsp3) is 0.235. The lowest BCUT2D eigenvalue weighted by Crippen LogP contribution is -2.23. The molecule has 2 rings (SSSR count). The van der Waals surface area contributed by atoms with Crippen LogP contribution in [0, 0.1) is 12.7 Å². The molecule has 21 heavy (non-hydrogen) atoms. The van der Waals surface area contributed by atoms with E-state index in [1.807, 2.05) is 43.0 Å². The van der Waals surface area contributed by atoms with Crippen LogP contribution in [0.2, 0.25) is 0 Å². The zero-order chi connectivity index (χ0) is 15.4. The van der Waals surface area contributed by atoms with Crippen LogP contribution in [0.15, 0.2) is 42.5 Å². The van der Waals surface area contributed by atoms with Crippen molar-refractivity contribution in [1.29, 1.82) is 0 Å². The summed E-state index contributed by atoms with van der Waals surface area (Å²) in [6.07, 6.45) is 0. The van der Waals surface area contributed by atoms with Gasteiger partial charge in [-0.25, -0.2) is 9.18 Å². The van der Waals surface area contributed by atoms with E-state index >= 15 is 0 Å². The molecule has 4 heteroatoms. The highest BCUT2D eigenvalue weighted by molar-refractivity contribution is 5.89. The molecule has 0 spiro atoms. The van der Waals surface area contributed by atoms with E-state index in [1.165, 1.54) is 18.2 Å². The van der Waals surface area contributed by atoms with Gasteiger partial charge in [0.1, 0.15) is 5.82 Å². The number of halogens is 1. The zero-order valence-corrected chi connectivity index (χ0v) is 12.1. The minimum atomic E-state index is -1.04. The second kappa shape index (κ2) is 6.39. The van der Waals surface area contributed by atoms with E-state index in [0.717, 1.165) is 11.3 Å². The van der Waals surface area contributed by atoms with Gasteiger partial charge in [-0.3, -0.25) is 0 Å². The Hall–Kier alpha value is -2.36. The minimum Gasteiger partial charge on any atom is -0.478 e. The first-order valence-electron chi connectivity index (χ1n) is 6.84. The number of carboxylic acids is 1. The molecule has 0 bridgehead atoms. The van der Waals surface area contributed by atoms with Crippen LogP contribution >= 0.6 is 0 Å². The molecule has 2 aromatic carbocycles. The van der Waals surface area contributed by atoms with Gasteiger partial charge in [-0.2, -0.15) is 0 Å². The van der Waals surface area contributed by atoms with E-state index < -0.39 is 11.8 Å². The van der Waals surface area contributed by atoms with Gasteiger partial charge < -0.3 is 10.0 Å². The summed E-state index contributed by atoms with van der Waals surface area (Å²) >= 11 is 0. The van der Waals surface area contributed by atoms with Crippen molar-refractivity contribution >= 4 is 11.7 Å². The Kier molecular flexibility index (Phi) is 4.58. The summed E-state index contributed by atoms with van der Waals surface area (Å²) in [5.74, 6) is -1.46. The van der Waals surface area contributed by atoms with Crippen molar-refractivity contribution in [1.82, 2.24) is 0 Å². The van der Waals surface area contributed by atoms with Gasteiger partial charge in [0.25, 0.3) is 0 Å². The molecule has 0 aliphatic heterocycles. The number of carboxylic acid groups (broad SMARTS) is 1. The summed E-state index contributed by atoms with van der Waals surface area (Å²) in [4.78, 5) is 13.3. The largest absolute Gasteiger partial charge is 0.478 e. The third kappa shape index (κ3) is 3.60. The molecule has 0 atom stereocenters. The number of aryl methyl sites for hydroxylation is 1. The fourth-order valence-electron chi connectivity index (χ4n) is 2.25. The molecule has 1 N–H and O–H groups in total. The van der Waals surface area contributed by atoms with Crippen LogP contribution in [-0.4, -0.2) is 17.6 Å². The number of hydrogen-bond donors (Lipinski definition) is 1. The number of nitrogens with zero attached hydrogens (tertiary/aromatic N) is 1. The molecule has 0 aliphatic carbocycles. The number of carbonyl (C=O) groups is 1. The fourth-order valence-corrected chi connectivity index (χ4v) is 2.25. The van der Waals surface area contributed by atoms with E-state index in [1.54, 1.807) is 0 Å². The number of benzene rings is 2. The van der Waals surface area contributed by atoms with E-state index in [4.69, 9.17) is 0 Å². The van der Waals surface area contributed by atoms with Crippen molar-refractivity contribution in [2.24, 2.45) is 0 Å². The van der Waals surface area contributed by atoms with Gasteiger partial charge in [0.15, 0.2) is 0 Å².